The molecule has 2 aliphatic rings. The Morgan fingerprint density at radius 2 is 1.82 bits per heavy atom. The van der Waals surface area contributed by atoms with Crippen LogP contribution in [0.3, 0.4) is 0 Å². The molecule has 17 heavy (non-hydrogen) atoms. The molecule has 2 unspecified atom stereocenters. The number of nitrogens with one attached hydrogen (secondary N) is 1. The summed E-state index contributed by atoms with van der Waals surface area (Å²) in [7, 11) is 1.93. The quantitative estimate of drug-likeness (QED) is 0.798. The molecule has 2 atom stereocenters. The number of rotatable bonds is 2. The van der Waals surface area contributed by atoms with Gasteiger partial charge < -0.3 is 10.2 Å². The van der Waals surface area contributed by atoms with E-state index in [4.69, 9.17) is 0 Å². The van der Waals surface area contributed by atoms with E-state index in [0.29, 0.717) is 6.04 Å². The molecule has 96 valence electrons. The standard InChI is InChI=1S/C14H25N3/c1-16-14(12-15)8-7-13(11-14)17-9-5-3-2-4-6-10-17/h13,16H,2-11H2,1H3. The van der Waals surface area contributed by atoms with Gasteiger partial charge in [0.15, 0.2) is 0 Å². The first-order valence-electron chi connectivity index (χ1n) is 7.14. The molecule has 1 N–H and O–H groups in total. The van der Waals surface area contributed by atoms with Crippen LogP contribution in [0.15, 0.2) is 0 Å². The van der Waals surface area contributed by atoms with Crippen molar-refractivity contribution < 1.29 is 0 Å². The summed E-state index contributed by atoms with van der Waals surface area (Å²) < 4.78 is 0. The smallest absolute Gasteiger partial charge is 0.108 e. The lowest BCUT2D eigenvalue weighted by Crippen LogP contribution is -2.42. The summed E-state index contributed by atoms with van der Waals surface area (Å²) in [6.45, 7) is 2.49. The third-order valence-electron chi connectivity index (χ3n) is 4.59. The van der Waals surface area contributed by atoms with E-state index in [-0.39, 0.29) is 5.54 Å². The topological polar surface area (TPSA) is 39.1 Å². The van der Waals surface area contributed by atoms with Crippen LogP contribution in [0.25, 0.3) is 0 Å². The van der Waals surface area contributed by atoms with Gasteiger partial charge in [0.2, 0.25) is 0 Å². The first-order chi connectivity index (χ1) is 8.29. The van der Waals surface area contributed by atoms with Crippen LogP contribution in [0.1, 0.15) is 51.4 Å². The first-order valence-corrected chi connectivity index (χ1v) is 7.14. The lowest BCUT2D eigenvalue weighted by atomic mass is 9.99. The molecular formula is C14H25N3. The number of nitriles is 1. The molecule has 0 amide bonds. The minimum atomic E-state index is -0.243. The van der Waals surface area contributed by atoms with Crippen LogP contribution in [-0.2, 0) is 0 Å². The summed E-state index contributed by atoms with van der Waals surface area (Å²) in [5.41, 5.74) is -0.243. The Bertz CT molecular complexity index is 276. The van der Waals surface area contributed by atoms with Gasteiger partial charge in [0.1, 0.15) is 5.54 Å². The zero-order valence-corrected chi connectivity index (χ0v) is 11.0. The maximum Gasteiger partial charge on any atom is 0.108 e. The summed E-state index contributed by atoms with van der Waals surface area (Å²) >= 11 is 0. The molecule has 2 fully saturated rings. The highest BCUT2D eigenvalue weighted by molar-refractivity contribution is 5.12. The monoisotopic (exact) mass is 235 g/mol. The molecule has 0 spiro atoms. The second-order valence-corrected chi connectivity index (χ2v) is 5.64. The Hall–Kier alpha value is -0.590. The maximum absolute atomic E-state index is 9.30. The van der Waals surface area contributed by atoms with Crippen LogP contribution >= 0.6 is 0 Å². The minimum Gasteiger partial charge on any atom is -0.302 e. The molecule has 0 aromatic carbocycles. The molecular weight excluding hydrogens is 210 g/mol. The second kappa shape index (κ2) is 5.84. The van der Waals surface area contributed by atoms with Crippen LogP contribution in [0.5, 0.6) is 0 Å². The van der Waals surface area contributed by atoms with Gasteiger partial charge in [-0.05, 0) is 52.2 Å². The zero-order chi connectivity index (χ0) is 12.1. The van der Waals surface area contributed by atoms with Crippen LogP contribution in [0.2, 0.25) is 0 Å². The van der Waals surface area contributed by atoms with Gasteiger partial charge in [0, 0.05) is 6.04 Å². The molecule has 1 aliphatic carbocycles. The summed E-state index contributed by atoms with van der Waals surface area (Å²) in [4.78, 5) is 2.65. The van der Waals surface area contributed by atoms with E-state index in [9.17, 15) is 5.26 Å². The van der Waals surface area contributed by atoms with E-state index in [1.165, 1.54) is 51.6 Å². The van der Waals surface area contributed by atoms with Crippen molar-refractivity contribution in [2.45, 2.75) is 62.9 Å². The van der Waals surface area contributed by atoms with E-state index >= 15 is 0 Å². The largest absolute Gasteiger partial charge is 0.302 e. The Labute approximate surface area is 105 Å². The maximum atomic E-state index is 9.30. The molecule has 0 bridgehead atoms. The van der Waals surface area contributed by atoms with Gasteiger partial charge in [-0.15, -0.1) is 0 Å². The van der Waals surface area contributed by atoms with Crippen molar-refractivity contribution in [3.63, 3.8) is 0 Å². The van der Waals surface area contributed by atoms with Crippen molar-refractivity contribution in [3.8, 4) is 6.07 Å². The van der Waals surface area contributed by atoms with E-state index in [2.05, 4.69) is 16.3 Å². The van der Waals surface area contributed by atoms with Crippen molar-refractivity contribution in [2.75, 3.05) is 20.1 Å². The van der Waals surface area contributed by atoms with Gasteiger partial charge in [-0.3, -0.25) is 0 Å². The predicted molar refractivity (Wildman–Crippen MR) is 69.7 cm³/mol. The first kappa shape index (κ1) is 12.9. The molecule has 1 saturated carbocycles. The lowest BCUT2D eigenvalue weighted by molar-refractivity contribution is 0.176. The number of likely N-dealkylation sites (tertiary alicyclic amines) is 1. The third kappa shape index (κ3) is 3.00. The molecule has 3 heteroatoms. The molecule has 1 saturated heterocycles. The fourth-order valence-electron chi connectivity index (χ4n) is 3.35. The number of nitrogens with zero attached hydrogens (tertiary/aromatic N) is 2. The van der Waals surface area contributed by atoms with Gasteiger partial charge in [0.25, 0.3) is 0 Å². The van der Waals surface area contributed by atoms with Crippen molar-refractivity contribution in [2.24, 2.45) is 0 Å². The average molecular weight is 235 g/mol. The molecule has 1 aliphatic heterocycles. The van der Waals surface area contributed by atoms with Gasteiger partial charge in [-0.2, -0.15) is 5.26 Å². The Morgan fingerprint density at radius 3 is 2.35 bits per heavy atom. The summed E-state index contributed by atoms with van der Waals surface area (Å²) in [5, 5.41) is 12.5. The summed E-state index contributed by atoms with van der Waals surface area (Å²) in [6.07, 6.45) is 10.1. The Kier molecular flexibility index (Phi) is 4.42. The summed E-state index contributed by atoms with van der Waals surface area (Å²) in [6, 6.07) is 3.13. The van der Waals surface area contributed by atoms with E-state index in [1.54, 1.807) is 0 Å². The fraction of sp³-hybridized carbons (Fsp3) is 0.929. The van der Waals surface area contributed by atoms with Gasteiger partial charge in [0.05, 0.1) is 6.07 Å². The highest BCUT2D eigenvalue weighted by Crippen LogP contribution is 2.33. The summed E-state index contributed by atoms with van der Waals surface area (Å²) in [5.74, 6) is 0. The highest BCUT2D eigenvalue weighted by atomic mass is 15.2. The van der Waals surface area contributed by atoms with E-state index < -0.39 is 0 Å². The van der Waals surface area contributed by atoms with Crippen LogP contribution in [0.4, 0.5) is 0 Å². The Balaban J connectivity index is 1.92. The normalized spacial score (nSPS) is 36.1. The average Bonchev–Trinajstić information content (AvgIpc) is 2.74. The molecule has 0 aromatic rings. The van der Waals surface area contributed by atoms with Gasteiger partial charge in [-0.25, -0.2) is 0 Å². The van der Waals surface area contributed by atoms with E-state index in [1.807, 2.05) is 7.05 Å². The molecule has 3 nitrogen and oxygen atoms in total. The van der Waals surface area contributed by atoms with Crippen molar-refractivity contribution >= 4 is 0 Å². The van der Waals surface area contributed by atoms with Gasteiger partial charge in [-0.1, -0.05) is 19.3 Å². The SMILES string of the molecule is CNC1(C#N)CCC(N2CCCCCCC2)C1. The van der Waals surface area contributed by atoms with Crippen LogP contribution in [-0.4, -0.2) is 36.6 Å². The van der Waals surface area contributed by atoms with Crippen LogP contribution in [0, 0.1) is 11.3 Å². The Morgan fingerprint density at radius 1 is 1.18 bits per heavy atom. The highest BCUT2D eigenvalue weighted by Gasteiger charge is 2.40. The van der Waals surface area contributed by atoms with Gasteiger partial charge >= 0.3 is 0 Å². The minimum absolute atomic E-state index is 0.243. The fourth-order valence-corrected chi connectivity index (χ4v) is 3.35. The third-order valence-corrected chi connectivity index (χ3v) is 4.59. The predicted octanol–water partition coefficient (Wildman–Crippen LogP) is 2.29. The molecule has 2 rings (SSSR count). The number of hydrogen-bond acceptors (Lipinski definition) is 3. The molecule has 0 aromatic heterocycles. The lowest BCUT2D eigenvalue weighted by Gasteiger charge is -2.31. The number of hydrogen-bond donors (Lipinski definition) is 1. The van der Waals surface area contributed by atoms with Crippen molar-refractivity contribution in [1.29, 1.82) is 5.26 Å². The molecule has 1 heterocycles. The second-order valence-electron chi connectivity index (χ2n) is 5.64. The van der Waals surface area contributed by atoms with Crippen LogP contribution < -0.4 is 5.32 Å². The molecule has 0 radical (unpaired) electrons. The van der Waals surface area contributed by atoms with E-state index in [0.717, 1.165) is 12.8 Å². The van der Waals surface area contributed by atoms with Crippen molar-refractivity contribution in [1.82, 2.24) is 10.2 Å². The van der Waals surface area contributed by atoms with Crippen molar-refractivity contribution in [3.05, 3.63) is 0 Å². The zero-order valence-electron chi connectivity index (χ0n) is 11.0.